The van der Waals surface area contributed by atoms with Gasteiger partial charge in [0.05, 0.1) is 0 Å². The molecule has 0 aromatic heterocycles. The van der Waals surface area contributed by atoms with Gasteiger partial charge in [-0.2, -0.15) is 0 Å². The maximum Gasteiger partial charge on any atom is 0.225 e. The van der Waals surface area contributed by atoms with Crippen molar-refractivity contribution in [3.63, 3.8) is 0 Å². The quantitative estimate of drug-likeness (QED) is 0.604. The monoisotopic (exact) mass is 213 g/mol. The van der Waals surface area contributed by atoms with E-state index in [1.165, 1.54) is 0 Å². The molecule has 0 bridgehead atoms. The van der Waals surface area contributed by atoms with Crippen molar-refractivity contribution in [2.24, 2.45) is 5.92 Å². The fraction of sp³-hybridized carbons (Fsp3) is 0.923. The fourth-order valence-electron chi connectivity index (χ4n) is 1.98. The Balaban J connectivity index is 4.29. The maximum absolute atomic E-state index is 12.2. The van der Waals surface area contributed by atoms with Crippen molar-refractivity contribution < 1.29 is 4.79 Å². The van der Waals surface area contributed by atoms with E-state index in [2.05, 4.69) is 27.7 Å². The van der Waals surface area contributed by atoms with Crippen LogP contribution in [0.25, 0.3) is 0 Å². The summed E-state index contributed by atoms with van der Waals surface area (Å²) >= 11 is 0. The lowest BCUT2D eigenvalue weighted by Crippen LogP contribution is -2.37. The van der Waals surface area contributed by atoms with E-state index in [0.29, 0.717) is 5.91 Å². The van der Waals surface area contributed by atoms with Crippen LogP contribution in [0.1, 0.15) is 59.8 Å². The molecule has 0 saturated carbocycles. The van der Waals surface area contributed by atoms with Gasteiger partial charge in [-0.3, -0.25) is 4.79 Å². The Hall–Kier alpha value is -0.530. The van der Waals surface area contributed by atoms with Gasteiger partial charge in [-0.1, -0.05) is 34.1 Å². The molecule has 0 N–H and O–H groups in total. The molecule has 1 atom stereocenters. The second-order valence-electron chi connectivity index (χ2n) is 4.22. The summed E-state index contributed by atoms with van der Waals surface area (Å²) in [5.41, 5.74) is 0. The molecule has 0 aromatic rings. The van der Waals surface area contributed by atoms with Gasteiger partial charge < -0.3 is 4.90 Å². The summed E-state index contributed by atoms with van der Waals surface area (Å²) in [6.45, 7) is 10.4. The van der Waals surface area contributed by atoms with Gasteiger partial charge in [0.15, 0.2) is 0 Å². The Labute approximate surface area is 95.0 Å². The van der Waals surface area contributed by atoms with Gasteiger partial charge in [0.2, 0.25) is 5.91 Å². The van der Waals surface area contributed by atoms with Crippen molar-refractivity contribution in [3.05, 3.63) is 0 Å². The highest BCUT2D eigenvalue weighted by molar-refractivity contribution is 5.78. The van der Waals surface area contributed by atoms with Gasteiger partial charge in [0.1, 0.15) is 0 Å². The molecule has 1 amide bonds. The van der Waals surface area contributed by atoms with E-state index in [9.17, 15) is 4.79 Å². The molecule has 0 rings (SSSR count). The molecule has 15 heavy (non-hydrogen) atoms. The predicted octanol–water partition coefficient (Wildman–Crippen LogP) is 3.46. The Morgan fingerprint density at radius 2 is 1.53 bits per heavy atom. The van der Waals surface area contributed by atoms with E-state index in [1.807, 2.05) is 4.90 Å². The Kier molecular flexibility index (Phi) is 8.44. The van der Waals surface area contributed by atoms with Crippen molar-refractivity contribution in [1.82, 2.24) is 4.90 Å². The Bertz CT molecular complexity index is 162. The molecule has 0 spiro atoms. The zero-order chi connectivity index (χ0) is 11.7. The molecule has 0 aliphatic carbocycles. The van der Waals surface area contributed by atoms with Crippen LogP contribution in [0.15, 0.2) is 0 Å². The fourth-order valence-corrected chi connectivity index (χ4v) is 1.98. The topological polar surface area (TPSA) is 20.3 Å². The van der Waals surface area contributed by atoms with Crippen molar-refractivity contribution in [2.45, 2.75) is 59.8 Å². The number of rotatable bonds is 8. The van der Waals surface area contributed by atoms with E-state index in [0.717, 1.165) is 45.2 Å². The number of carbonyl (C=O) groups is 1. The van der Waals surface area contributed by atoms with Crippen LogP contribution in [0.5, 0.6) is 0 Å². The number of carbonyl (C=O) groups excluding carboxylic acids is 1. The third kappa shape index (κ3) is 5.19. The number of amides is 1. The first-order valence-electron chi connectivity index (χ1n) is 6.49. The zero-order valence-corrected chi connectivity index (χ0v) is 10.9. The van der Waals surface area contributed by atoms with Gasteiger partial charge >= 0.3 is 0 Å². The normalized spacial score (nSPS) is 12.5. The maximum atomic E-state index is 12.2. The van der Waals surface area contributed by atoms with Gasteiger partial charge in [-0.25, -0.2) is 0 Å². The lowest BCUT2D eigenvalue weighted by Gasteiger charge is -2.26. The first-order valence-corrected chi connectivity index (χ1v) is 6.49. The molecule has 0 aliphatic heterocycles. The molecule has 2 heteroatoms. The minimum atomic E-state index is 0.257. The van der Waals surface area contributed by atoms with E-state index >= 15 is 0 Å². The van der Waals surface area contributed by atoms with E-state index in [-0.39, 0.29) is 5.92 Å². The smallest absolute Gasteiger partial charge is 0.225 e. The molecular weight excluding hydrogens is 186 g/mol. The second kappa shape index (κ2) is 8.75. The standard InChI is InChI=1S/C13H27NO/c1-5-9-12(8-4)13(15)14(10-6-2)11-7-3/h12H,5-11H2,1-4H3/t12-/m0/s1. The molecule has 0 aromatic carbocycles. The highest BCUT2D eigenvalue weighted by atomic mass is 16.2. The average Bonchev–Trinajstić information content (AvgIpc) is 2.24. The van der Waals surface area contributed by atoms with Crippen LogP contribution in [0.4, 0.5) is 0 Å². The number of nitrogens with zero attached hydrogens (tertiary/aromatic N) is 1. The van der Waals surface area contributed by atoms with E-state index in [1.54, 1.807) is 0 Å². The summed E-state index contributed by atoms with van der Waals surface area (Å²) in [7, 11) is 0. The number of hydrogen-bond acceptors (Lipinski definition) is 1. The van der Waals surface area contributed by atoms with Crippen LogP contribution in [-0.4, -0.2) is 23.9 Å². The predicted molar refractivity (Wildman–Crippen MR) is 65.9 cm³/mol. The van der Waals surface area contributed by atoms with Crippen molar-refractivity contribution >= 4 is 5.91 Å². The molecule has 2 nitrogen and oxygen atoms in total. The minimum absolute atomic E-state index is 0.257. The van der Waals surface area contributed by atoms with Crippen LogP contribution in [0, 0.1) is 5.92 Å². The van der Waals surface area contributed by atoms with Crippen LogP contribution in [0.2, 0.25) is 0 Å². The zero-order valence-electron chi connectivity index (χ0n) is 10.9. The summed E-state index contributed by atoms with van der Waals surface area (Å²) in [5.74, 6) is 0.635. The molecule has 0 unspecified atom stereocenters. The summed E-state index contributed by atoms with van der Waals surface area (Å²) in [5, 5.41) is 0. The van der Waals surface area contributed by atoms with Gasteiger partial charge in [0.25, 0.3) is 0 Å². The molecule has 0 radical (unpaired) electrons. The Morgan fingerprint density at radius 3 is 1.87 bits per heavy atom. The largest absolute Gasteiger partial charge is 0.342 e. The molecule has 0 fully saturated rings. The SMILES string of the molecule is CCC[C@H](CC)C(=O)N(CCC)CCC. The molecule has 0 saturated heterocycles. The molecular formula is C13H27NO. The van der Waals surface area contributed by atoms with Gasteiger partial charge in [-0.15, -0.1) is 0 Å². The summed E-state index contributed by atoms with van der Waals surface area (Å²) in [4.78, 5) is 14.2. The second-order valence-corrected chi connectivity index (χ2v) is 4.22. The molecule has 90 valence electrons. The van der Waals surface area contributed by atoms with Crippen LogP contribution < -0.4 is 0 Å². The highest BCUT2D eigenvalue weighted by Crippen LogP contribution is 2.15. The average molecular weight is 213 g/mol. The van der Waals surface area contributed by atoms with E-state index in [4.69, 9.17) is 0 Å². The third-order valence-electron chi connectivity index (χ3n) is 2.78. The lowest BCUT2D eigenvalue weighted by atomic mass is 9.99. The first kappa shape index (κ1) is 14.5. The summed E-state index contributed by atoms with van der Waals surface area (Å²) < 4.78 is 0. The van der Waals surface area contributed by atoms with Crippen LogP contribution in [0.3, 0.4) is 0 Å². The lowest BCUT2D eigenvalue weighted by molar-refractivity contribution is -0.136. The van der Waals surface area contributed by atoms with Crippen LogP contribution >= 0.6 is 0 Å². The molecule has 0 heterocycles. The van der Waals surface area contributed by atoms with E-state index < -0.39 is 0 Å². The van der Waals surface area contributed by atoms with Gasteiger partial charge in [0, 0.05) is 19.0 Å². The van der Waals surface area contributed by atoms with Crippen molar-refractivity contribution in [2.75, 3.05) is 13.1 Å². The third-order valence-corrected chi connectivity index (χ3v) is 2.78. The summed E-state index contributed by atoms with van der Waals surface area (Å²) in [6.07, 6.45) is 5.26. The van der Waals surface area contributed by atoms with Crippen molar-refractivity contribution in [1.29, 1.82) is 0 Å². The highest BCUT2D eigenvalue weighted by Gasteiger charge is 2.20. The van der Waals surface area contributed by atoms with Crippen molar-refractivity contribution in [3.8, 4) is 0 Å². The minimum Gasteiger partial charge on any atom is -0.342 e. The molecule has 0 aliphatic rings. The Morgan fingerprint density at radius 1 is 1.00 bits per heavy atom. The number of hydrogen-bond donors (Lipinski definition) is 0. The first-order chi connectivity index (χ1) is 7.21. The summed E-state index contributed by atoms with van der Waals surface area (Å²) in [6, 6.07) is 0. The van der Waals surface area contributed by atoms with Gasteiger partial charge in [-0.05, 0) is 25.7 Å². The van der Waals surface area contributed by atoms with Crippen LogP contribution in [-0.2, 0) is 4.79 Å².